The Morgan fingerprint density at radius 2 is 2.00 bits per heavy atom. The number of nitrogens with one attached hydrogen (secondary N) is 1. The van der Waals surface area contributed by atoms with Crippen LogP contribution in [0.25, 0.3) is 0 Å². The fourth-order valence-electron chi connectivity index (χ4n) is 3.71. The molecule has 3 rings (SSSR count). The van der Waals surface area contributed by atoms with E-state index in [0.29, 0.717) is 5.92 Å². The topological polar surface area (TPSA) is 38.3 Å². The number of benzene rings is 2. The summed E-state index contributed by atoms with van der Waals surface area (Å²) in [6, 6.07) is 12.5. The second-order valence-corrected chi connectivity index (χ2v) is 7.18. The van der Waals surface area contributed by atoms with Crippen LogP contribution in [0.3, 0.4) is 0 Å². The van der Waals surface area contributed by atoms with Gasteiger partial charge in [-0.2, -0.15) is 0 Å². The lowest BCUT2D eigenvalue weighted by Gasteiger charge is -2.27. The zero-order chi connectivity index (χ0) is 18.0. The van der Waals surface area contributed by atoms with Crippen molar-refractivity contribution in [1.82, 2.24) is 5.32 Å². The van der Waals surface area contributed by atoms with E-state index in [4.69, 9.17) is 4.74 Å². The number of aryl methyl sites for hydroxylation is 2. The minimum absolute atomic E-state index is 0.00348. The molecule has 0 bridgehead atoms. The molecule has 1 atom stereocenters. The molecule has 0 aromatic heterocycles. The molecule has 3 nitrogen and oxygen atoms in total. The summed E-state index contributed by atoms with van der Waals surface area (Å²) in [5.41, 5.74) is 5.38. The summed E-state index contributed by atoms with van der Waals surface area (Å²) in [4.78, 5) is 13.0. The fourth-order valence-corrected chi connectivity index (χ4v) is 3.71. The van der Waals surface area contributed by atoms with Gasteiger partial charge in [0, 0.05) is 5.56 Å². The molecule has 0 heterocycles. The van der Waals surface area contributed by atoms with Crippen molar-refractivity contribution in [3.63, 3.8) is 0 Å². The maximum atomic E-state index is 13.0. The average molecular weight is 337 g/mol. The molecular formula is C22H27NO2. The van der Waals surface area contributed by atoms with Crippen molar-refractivity contribution in [2.75, 3.05) is 7.11 Å². The molecule has 0 saturated carbocycles. The first kappa shape index (κ1) is 17.5. The fraction of sp³-hybridized carbons (Fsp3) is 0.409. The molecule has 0 aliphatic heterocycles. The van der Waals surface area contributed by atoms with Crippen molar-refractivity contribution < 1.29 is 9.53 Å². The Morgan fingerprint density at radius 1 is 1.24 bits per heavy atom. The summed E-state index contributed by atoms with van der Waals surface area (Å²) in [5, 5.41) is 3.26. The van der Waals surface area contributed by atoms with E-state index < -0.39 is 0 Å². The summed E-state index contributed by atoms with van der Waals surface area (Å²) in [5.74, 6) is 1.16. The lowest BCUT2D eigenvalue weighted by Crippen LogP contribution is -2.31. The van der Waals surface area contributed by atoms with Gasteiger partial charge in [0.25, 0.3) is 5.91 Å². The van der Waals surface area contributed by atoms with Gasteiger partial charge >= 0.3 is 0 Å². The Hall–Kier alpha value is -2.29. The molecule has 0 radical (unpaired) electrons. The minimum Gasteiger partial charge on any atom is -0.496 e. The maximum absolute atomic E-state index is 13.0. The molecule has 2 aromatic carbocycles. The molecule has 0 spiro atoms. The molecule has 0 saturated heterocycles. The highest BCUT2D eigenvalue weighted by Crippen LogP contribution is 2.32. The van der Waals surface area contributed by atoms with Crippen molar-refractivity contribution in [3.05, 3.63) is 64.2 Å². The van der Waals surface area contributed by atoms with Gasteiger partial charge in [0.1, 0.15) is 5.75 Å². The van der Waals surface area contributed by atoms with Crippen LogP contribution in [0.5, 0.6) is 5.75 Å². The molecule has 1 N–H and O–H groups in total. The van der Waals surface area contributed by atoms with Crippen LogP contribution in [0.2, 0.25) is 0 Å². The lowest BCUT2D eigenvalue weighted by molar-refractivity contribution is 0.0932. The molecule has 1 aliphatic rings. The van der Waals surface area contributed by atoms with Crippen LogP contribution in [0.4, 0.5) is 0 Å². The molecule has 3 heteroatoms. The van der Waals surface area contributed by atoms with E-state index in [1.807, 2.05) is 19.1 Å². The third-order valence-electron chi connectivity index (χ3n) is 5.12. The second-order valence-electron chi connectivity index (χ2n) is 7.18. The van der Waals surface area contributed by atoms with Gasteiger partial charge in [-0.3, -0.25) is 4.79 Å². The third-order valence-corrected chi connectivity index (χ3v) is 5.12. The van der Waals surface area contributed by atoms with Crippen molar-refractivity contribution in [1.29, 1.82) is 0 Å². The number of amides is 1. The lowest BCUT2D eigenvalue weighted by atomic mass is 9.87. The summed E-state index contributed by atoms with van der Waals surface area (Å²) in [6.45, 7) is 6.20. The Kier molecular flexibility index (Phi) is 5.12. The van der Waals surface area contributed by atoms with Gasteiger partial charge in [0.15, 0.2) is 0 Å². The first-order valence-corrected chi connectivity index (χ1v) is 9.08. The van der Waals surface area contributed by atoms with E-state index in [1.165, 1.54) is 11.1 Å². The van der Waals surface area contributed by atoms with Gasteiger partial charge in [-0.05, 0) is 66.5 Å². The van der Waals surface area contributed by atoms with Gasteiger partial charge in [0.2, 0.25) is 0 Å². The van der Waals surface area contributed by atoms with Gasteiger partial charge in [-0.15, -0.1) is 0 Å². The Balaban J connectivity index is 1.89. The third kappa shape index (κ3) is 3.55. The zero-order valence-corrected chi connectivity index (χ0v) is 15.6. The van der Waals surface area contributed by atoms with Crippen LogP contribution < -0.4 is 10.1 Å². The highest BCUT2D eigenvalue weighted by Gasteiger charge is 2.23. The maximum Gasteiger partial charge on any atom is 0.252 e. The van der Waals surface area contributed by atoms with Crippen molar-refractivity contribution in [3.8, 4) is 5.75 Å². The van der Waals surface area contributed by atoms with E-state index in [-0.39, 0.29) is 11.9 Å². The second kappa shape index (κ2) is 7.30. The van der Waals surface area contributed by atoms with Gasteiger partial charge in [0.05, 0.1) is 13.2 Å². The minimum atomic E-state index is 0.00348. The SMILES string of the molecule is COc1cc(C)c(C(=O)N[C@@H]2CCCc3ccccc32)cc1C(C)C. The van der Waals surface area contributed by atoms with Crippen LogP contribution in [0, 0.1) is 6.92 Å². The zero-order valence-electron chi connectivity index (χ0n) is 15.6. The Morgan fingerprint density at radius 3 is 2.72 bits per heavy atom. The summed E-state index contributed by atoms with van der Waals surface area (Å²) < 4.78 is 5.49. The van der Waals surface area contributed by atoms with Crippen LogP contribution in [-0.2, 0) is 6.42 Å². The highest BCUT2D eigenvalue weighted by atomic mass is 16.5. The van der Waals surface area contributed by atoms with Gasteiger partial charge in [-0.1, -0.05) is 38.1 Å². The van der Waals surface area contributed by atoms with Crippen molar-refractivity contribution >= 4 is 5.91 Å². The monoisotopic (exact) mass is 337 g/mol. The van der Waals surface area contributed by atoms with Gasteiger partial charge in [-0.25, -0.2) is 0 Å². The molecule has 1 aliphatic carbocycles. The highest BCUT2D eigenvalue weighted by molar-refractivity contribution is 5.96. The standard InChI is InChI=1S/C22H27NO2/c1-14(2)18-13-19(15(3)12-21(18)25-4)22(24)23-20-11-7-9-16-8-5-6-10-17(16)20/h5-6,8,10,12-14,20H,7,9,11H2,1-4H3,(H,23,24)/t20-/m1/s1. The van der Waals surface area contributed by atoms with E-state index in [9.17, 15) is 4.79 Å². The van der Waals surface area contributed by atoms with E-state index in [0.717, 1.165) is 41.7 Å². The molecule has 2 aromatic rings. The number of carbonyl (C=O) groups is 1. The van der Waals surface area contributed by atoms with Crippen molar-refractivity contribution in [2.24, 2.45) is 0 Å². The Labute approximate surface area is 150 Å². The van der Waals surface area contributed by atoms with Crippen LogP contribution in [0.15, 0.2) is 36.4 Å². The molecular weight excluding hydrogens is 310 g/mol. The molecule has 132 valence electrons. The van der Waals surface area contributed by atoms with Crippen LogP contribution in [-0.4, -0.2) is 13.0 Å². The van der Waals surface area contributed by atoms with E-state index in [2.05, 4.69) is 43.4 Å². The predicted molar refractivity (Wildman–Crippen MR) is 101 cm³/mol. The number of carbonyl (C=O) groups excluding carboxylic acids is 1. The number of hydrogen-bond acceptors (Lipinski definition) is 2. The summed E-state index contributed by atoms with van der Waals surface area (Å²) >= 11 is 0. The number of ether oxygens (including phenoxy) is 1. The number of methoxy groups -OCH3 is 1. The first-order chi connectivity index (χ1) is 12.0. The predicted octanol–water partition coefficient (Wildman–Crippen LogP) is 4.93. The largest absolute Gasteiger partial charge is 0.496 e. The van der Waals surface area contributed by atoms with Crippen molar-refractivity contribution in [2.45, 2.75) is 52.0 Å². The van der Waals surface area contributed by atoms with E-state index >= 15 is 0 Å². The summed E-state index contributed by atoms with van der Waals surface area (Å²) in [6.07, 6.45) is 3.21. The normalized spacial score (nSPS) is 16.4. The van der Waals surface area contributed by atoms with Gasteiger partial charge < -0.3 is 10.1 Å². The molecule has 0 fully saturated rings. The quantitative estimate of drug-likeness (QED) is 0.858. The van der Waals surface area contributed by atoms with Crippen LogP contribution in [0.1, 0.15) is 71.3 Å². The number of fused-ring (bicyclic) bond motifs is 1. The van der Waals surface area contributed by atoms with E-state index in [1.54, 1.807) is 7.11 Å². The number of hydrogen-bond donors (Lipinski definition) is 1. The summed E-state index contributed by atoms with van der Waals surface area (Å²) in [7, 11) is 1.68. The molecule has 25 heavy (non-hydrogen) atoms. The average Bonchev–Trinajstić information content (AvgIpc) is 2.61. The molecule has 0 unspecified atom stereocenters. The Bertz CT molecular complexity index is 780. The smallest absolute Gasteiger partial charge is 0.252 e. The molecule has 1 amide bonds. The first-order valence-electron chi connectivity index (χ1n) is 9.08. The number of rotatable bonds is 4. The van der Waals surface area contributed by atoms with Crippen LogP contribution >= 0.6 is 0 Å².